The molecule has 2 aromatic heterocycles. The molecule has 0 aliphatic rings. The molecule has 0 radical (unpaired) electrons. The third-order valence-corrected chi connectivity index (χ3v) is 4.24. The zero-order valence-corrected chi connectivity index (χ0v) is 13.4. The molecular weight excluding hydrogens is 340 g/mol. The Labute approximate surface area is 139 Å². The summed E-state index contributed by atoms with van der Waals surface area (Å²) in [4.78, 5) is 47.0. The Kier molecular flexibility index (Phi) is 6.01. The van der Waals surface area contributed by atoms with Gasteiger partial charge in [-0.15, -0.1) is 22.7 Å². The van der Waals surface area contributed by atoms with Gasteiger partial charge in [0.1, 0.15) is 6.54 Å². The van der Waals surface area contributed by atoms with Gasteiger partial charge in [-0.3, -0.25) is 24.5 Å². The van der Waals surface area contributed by atoms with E-state index in [9.17, 15) is 19.2 Å². The number of hydrogen-bond donors (Lipinski definition) is 2. The van der Waals surface area contributed by atoms with E-state index in [0.29, 0.717) is 9.75 Å². The molecule has 2 heterocycles. The fraction of sp³-hybridized carbons (Fsp3) is 0.143. The first-order valence-corrected chi connectivity index (χ1v) is 8.17. The molecule has 0 atom stereocenters. The molecule has 2 aromatic rings. The number of hydrogen-bond acceptors (Lipinski definition) is 7. The molecule has 3 amide bonds. The molecule has 0 unspecified atom stereocenters. The van der Waals surface area contributed by atoms with Crippen molar-refractivity contribution in [2.75, 3.05) is 13.2 Å². The van der Waals surface area contributed by atoms with E-state index in [4.69, 9.17) is 0 Å². The predicted molar refractivity (Wildman–Crippen MR) is 84.4 cm³/mol. The molecule has 0 spiro atoms. The minimum Gasteiger partial charge on any atom is -0.454 e. The van der Waals surface area contributed by atoms with Crippen LogP contribution in [0.25, 0.3) is 0 Å². The topological polar surface area (TPSA) is 102 Å². The minimum absolute atomic E-state index is 0.358. The van der Waals surface area contributed by atoms with E-state index >= 15 is 0 Å². The van der Waals surface area contributed by atoms with Gasteiger partial charge in [0.05, 0.1) is 9.75 Å². The van der Waals surface area contributed by atoms with E-state index in [1.807, 2.05) is 0 Å². The van der Waals surface area contributed by atoms with E-state index < -0.39 is 30.3 Å². The van der Waals surface area contributed by atoms with Gasteiger partial charge >= 0.3 is 5.97 Å². The molecule has 9 heteroatoms. The van der Waals surface area contributed by atoms with Gasteiger partial charge in [-0.25, -0.2) is 0 Å². The maximum absolute atomic E-state index is 11.6. The zero-order valence-electron chi connectivity index (χ0n) is 11.7. The molecule has 23 heavy (non-hydrogen) atoms. The van der Waals surface area contributed by atoms with Gasteiger partial charge in [-0.05, 0) is 22.9 Å². The van der Waals surface area contributed by atoms with E-state index in [1.165, 1.54) is 22.7 Å². The highest BCUT2D eigenvalue weighted by Gasteiger charge is 2.14. The summed E-state index contributed by atoms with van der Waals surface area (Å²) in [5.74, 6) is -2.45. The van der Waals surface area contributed by atoms with Crippen LogP contribution in [0.3, 0.4) is 0 Å². The summed E-state index contributed by atoms with van der Waals surface area (Å²) < 4.78 is 4.68. The third-order valence-electron chi connectivity index (χ3n) is 2.50. The second kappa shape index (κ2) is 8.20. The number of esters is 1. The highest BCUT2D eigenvalue weighted by atomic mass is 32.1. The fourth-order valence-electron chi connectivity index (χ4n) is 1.48. The van der Waals surface area contributed by atoms with Crippen molar-refractivity contribution in [2.24, 2.45) is 0 Å². The first-order valence-electron chi connectivity index (χ1n) is 6.41. The fourth-order valence-corrected chi connectivity index (χ4v) is 2.74. The summed E-state index contributed by atoms with van der Waals surface area (Å²) in [5, 5.41) is 7.91. The molecule has 0 fully saturated rings. The summed E-state index contributed by atoms with van der Waals surface area (Å²) in [6.07, 6.45) is 0. The quantitative estimate of drug-likeness (QED) is 0.757. The number of carbonyl (C=O) groups excluding carboxylic acids is 4. The lowest BCUT2D eigenvalue weighted by Crippen LogP contribution is -2.36. The van der Waals surface area contributed by atoms with Crippen LogP contribution in [0.2, 0.25) is 0 Å². The van der Waals surface area contributed by atoms with Crippen molar-refractivity contribution < 1.29 is 23.9 Å². The Morgan fingerprint density at radius 1 is 0.957 bits per heavy atom. The first kappa shape index (κ1) is 16.8. The van der Waals surface area contributed by atoms with Gasteiger partial charge < -0.3 is 10.1 Å². The second-order valence-electron chi connectivity index (χ2n) is 4.18. The maximum Gasteiger partial charge on any atom is 0.325 e. The Morgan fingerprint density at radius 2 is 1.57 bits per heavy atom. The number of rotatable bonds is 6. The van der Waals surface area contributed by atoms with Crippen molar-refractivity contribution in [3.8, 4) is 0 Å². The van der Waals surface area contributed by atoms with E-state index in [1.54, 1.807) is 35.0 Å². The van der Waals surface area contributed by atoms with E-state index in [2.05, 4.69) is 15.4 Å². The van der Waals surface area contributed by atoms with Gasteiger partial charge in [0.15, 0.2) is 6.61 Å². The number of ether oxygens (including phenoxy) is 1. The zero-order chi connectivity index (χ0) is 16.7. The van der Waals surface area contributed by atoms with Crippen LogP contribution in [0.5, 0.6) is 0 Å². The highest BCUT2D eigenvalue weighted by Crippen LogP contribution is 2.08. The molecule has 2 N–H and O–H groups in total. The Morgan fingerprint density at radius 3 is 2.13 bits per heavy atom. The number of nitrogens with one attached hydrogen (secondary N) is 2. The van der Waals surface area contributed by atoms with Crippen molar-refractivity contribution in [1.29, 1.82) is 0 Å². The van der Waals surface area contributed by atoms with Crippen molar-refractivity contribution in [3.63, 3.8) is 0 Å². The van der Waals surface area contributed by atoms with Crippen LogP contribution in [-0.4, -0.2) is 36.8 Å². The number of thiophene rings is 2. The SMILES string of the molecule is O=C(COC(=O)CNC(=O)c1cccs1)NC(=O)c1cccs1. The minimum atomic E-state index is -0.770. The molecular formula is C14H12N2O5S2. The normalized spacial score (nSPS) is 9.91. The molecule has 0 aliphatic carbocycles. The van der Waals surface area contributed by atoms with Crippen LogP contribution in [-0.2, 0) is 14.3 Å². The number of carbonyl (C=O) groups is 4. The Balaban J connectivity index is 1.67. The van der Waals surface area contributed by atoms with E-state index in [0.717, 1.165) is 0 Å². The standard InChI is InChI=1S/C14H12N2O5S2/c17-11(16-14(20)10-4-2-6-23-10)8-21-12(18)7-15-13(19)9-3-1-5-22-9/h1-6H,7-8H2,(H,15,19)(H,16,17,20). The number of imide groups is 1. The summed E-state index contributed by atoms with van der Waals surface area (Å²) in [5.41, 5.74) is 0. The van der Waals surface area contributed by atoms with Crippen molar-refractivity contribution in [1.82, 2.24) is 10.6 Å². The van der Waals surface area contributed by atoms with Crippen LogP contribution in [0, 0.1) is 0 Å². The van der Waals surface area contributed by atoms with Gasteiger partial charge in [-0.1, -0.05) is 12.1 Å². The summed E-state index contributed by atoms with van der Waals surface area (Å²) in [6.45, 7) is -0.951. The molecule has 120 valence electrons. The first-order chi connectivity index (χ1) is 11.1. The van der Waals surface area contributed by atoms with Crippen LogP contribution >= 0.6 is 22.7 Å². The Bertz CT molecular complexity index is 695. The lowest BCUT2D eigenvalue weighted by molar-refractivity contribution is -0.147. The van der Waals surface area contributed by atoms with Crippen LogP contribution < -0.4 is 10.6 Å². The lowest BCUT2D eigenvalue weighted by atomic mass is 10.4. The average molecular weight is 352 g/mol. The molecule has 0 aromatic carbocycles. The molecule has 7 nitrogen and oxygen atoms in total. The van der Waals surface area contributed by atoms with Gasteiger partial charge in [0.2, 0.25) is 0 Å². The third kappa shape index (κ3) is 5.31. The molecule has 2 rings (SSSR count). The highest BCUT2D eigenvalue weighted by molar-refractivity contribution is 7.12. The van der Waals surface area contributed by atoms with Crippen LogP contribution in [0.15, 0.2) is 35.0 Å². The monoisotopic (exact) mass is 352 g/mol. The van der Waals surface area contributed by atoms with Gasteiger partial charge in [0.25, 0.3) is 17.7 Å². The molecule has 0 bridgehead atoms. The predicted octanol–water partition coefficient (Wildman–Crippen LogP) is 1.04. The van der Waals surface area contributed by atoms with Gasteiger partial charge in [0, 0.05) is 0 Å². The molecule has 0 saturated heterocycles. The Hall–Kier alpha value is -2.52. The second-order valence-corrected chi connectivity index (χ2v) is 6.07. The van der Waals surface area contributed by atoms with Crippen LogP contribution in [0.1, 0.15) is 19.3 Å². The summed E-state index contributed by atoms with van der Waals surface area (Å²) >= 11 is 2.43. The maximum atomic E-state index is 11.6. The van der Waals surface area contributed by atoms with Crippen molar-refractivity contribution in [3.05, 3.63) is 44.8 Å². The molecule has 0 saturated carbocycles. The van der Waals surface area contributed by atoms with Crippen molar-refractivity contribution >= 4 is 46.4 Å². The molecule has 0 aliphatic heterocycles. The summed E-state index contributed by atoms with van der Waals surface area (Å²) in [7, 11) is 0. The lowest BCUT2D eigenvalue weighted by Gasteiger charge is -2.06. The average Bonchev–Trinajstić information content (AvgIpc) is 3.23. The number of amides is 3. The summed E-state index contributed by atoms with van der Waals surface area (Å²) in [6, 6.07) is 6.58. The van der Waals surface area contributed by atoms with Crippen molar-refractivity contribution in [2.45, 2.75) is 0 Å². The smallest absolute Gasteiger partial charge is 0.325 e. The van der Waals surface area contributed by atoms with E-state index in [-0.39, 0.29) is 6.54 Å². The van der Waals surface area contributed by atoms with Crippen LogP contribution in [0.4, 0.5) is 0 Å². The van der Waals surface area contributed by atoms with Gasteiger partial charge in [-0.2, -0.15) is 0 Å². The largest absolute Gasteiger partial charge is 0.454 e.